The lowest BCUT2D eigenvalue weighted by Gasteiger charge is -1.59. The van der Waals surface area contributed by atoms with E-state index < -0.39 is 5.97 Å². The highest BCUT2D eigenvalue weighted by Crippen LogP contribution is 1.42. The number of hydrogen-bond donors (Lipinski definition) is 1. The molecular formula is C3H8O2. The highest BCUT2D eigenvalue weighted by atomic mass is 16.4. The van der Waals surface area contributed by atoms with Crippen LogP contribution in [0, 0.1) is 0 Å². The Balaban J connectivity index is 0. The number of carboxylic acids is 1. The number of carboxylic acid groups (broad SMARTS) is 1. The standard InChI is InChI=1S/C2H4O2.CH4/c1-2(3)4;/h1H3,(H,3,4);1H4/i;1-1. The van der Waals surface area contributed by atoms with Crippen molar-refractivity contribution in [1.29, 1.82) is 0 Å². The molecule has 0 fully saturated rings. The van der Waals surface area contributed by atoms with Crippen LogP contribution in [0.2, 0.25) is 0 Å². The van der Waals surface area contributed by atoms with Gasteiger partial charge in [0.25, 0.3) is 5.97 Å². The van der Waals surface area contributed by atoms with E-state index in [9.17, 15) is 0 Å². The maximum Gasteiger partial charge on any atom is 0.300 e. The molecule has 0 amide bonds. The molecule has 0 saturated carbocycles. The molecule has 0 bridgehead atoms. The van der Waals surface area contributed by atoms with E-state index in [1.54, 1.807) is 0 Å². The van der Waals surface area contributed by atoms with E-state index in [0.29, 0.717) is 0 Å². The van der Waals surface area contributed by atoms with E-state index in [4.69, 9.17) is 9.90 Å². The predicted octanol–water partition coefficient (Wildman–Crippen LogP) is 0.727. The summed E-state index contributed by atoms with van der Waals surface area (Å²) < 4.78 is 0. The summed E-state index contributed by atoms with van der Waals surface area (Å²) in [6, 6.07) is 0. The molecule has 0 aromatic carbocycles. The van der Waals surface area contributed by atoms with Crippen LogP contribution in [-0.2, 0) is 4.79 Å². The van der Waals surface area contributed by atoms with E-state index in [1.807, 2.05) is 0 Å². The van der Waals surface area contributed by atoms with Crippen LogP contribution in [0.5, 0.6) is 0 Å². The van der Waals surface area contributed by atoms with Crippen molar-refractivity contribution in [3.05, 3.63) is 0 Å². The van der Waals surface area contributed by atoms with Crippen molar-refractivity contribution in [2.75, 3.05) is 0 Å². The maximum atomic E-state index is 9.00. The molecule has 0 aliphatic carbocycles. The monoisotopic (exact) mass is 75.1 g/mol. The molecule has 0 radical (unpaired) electrons. The quantitative estimate of drug-likeness (QED) is 0.460. The van der Waals surface area contributed by atoms with Crippen LogP contribution in [0.1, 0.15) is 14.4 Å². The molecule has 0 aliphatic heterocycles. The Labute approximate surface area is 31.4 Å². The fraction of sp³-hybridized carbons (Fsp3) is 0.667. The van der Waals surface area contributed by atoms with Crippen LogP contribution in [0.4, 0.5) is 0 Å². The number of hydrogen-bond acceptors (Lipinski definition) is 1. The summed E-state index contributed by atoms with van der Waals surface area (Å²) in [4.78, 5) is 9.00. The number of carbonyl (C=O) groups is 1. The lowest BCUT2D eigenvalue weighted by molar-refractivity contribution is -0.134. The zero-order valence-corrected chi connectivity index (χ0v) is 2.36. The van der Waals surface area contributed by atoms with Crippen molar-refractivity contribution in [3.8, 4) is 0 Å². The van der Waals surface area contributed by atoms with Gasteiger partial charge in [0.15, 0.2) is 0 Å². The van der Waals surface area contributed by atoms with E-state index >= 15 is 0 Å². The topological polar surface area (TPSA) is 37.3 Å². The van der Waals surface area contributed by atoms with Crippen molar-refractivity contribution in [2.45, 2.75) is 14.4 Å². The molecule has 0 aromatic heterocycles. The first-order chi connectivity index (χ1) is 1.73. The van der Waals surface area contributed by atoms with Crippen LogP contribution in [0.3, 0.4) is 0 Å². The average molecular weight is 75.1 g/mol. The highest BCUT2D eigenvalue weighted by Gasteiger charge is 1.65. The first-order valence-corrected chi connectivity index (χ1v) is 0.928. The first kappa shape index (κ1) is 8.82. The summed E-state index contributed by atoms with van der Waals surface area (Å²) in [6.07, 6.45) is 0. The van der Waals surface area contributed by atoms with Crippen LogP contribution < -0.4 is 0 Å². The Hall–Kier alpha value is -0.530. The van der Waals surface area contributed by atoms with Gasteiger partial charge in [-0.25, -0.2) is 0 Å². The fourth-order valence-electron chi connectivity index (χ4n) is 0. The Morgan fingerprint density at radius 1 is 1.80 bits per heavy atom. The lowest BCUT2D eigenvalue weighted by Crippen LogP contribution is -1.78. The minimum absolute atomic E-state index is 0. The SMILES string of the molecule is CC(=O)O.[11CH4]. The third kappa shape index (κ3) is 26.7. The Morgan fingerprint density at radius 2 is 1.80 bits per heavy atom. The first-order valence-electron chi connectivity index (χ1n) is 0.928. The summed E-state index contributed by atoms with van der Waals surface area (Å²) >= 11 is 0. The molecule has 0 atom stereocenters. The fourth-order valence-corrected chi connectivity index (χ4v) is 0. The van der Waals surface area contributed by atoms with Gasteiger partial charge in [-0.2, -0.15) is 0 Å². The second kappa shape index (κ2) is 3.47. The van der Waals surface area contributed by atoms with Gasteiger partial charge in [-0.1, -0.05) is 7.43 Å². The average Bonchev–Trinajstić information content (AvgIpc) is 0.811. The van der Waals surface area contributed by atoms with E-state index in [1.165, 1.54) is 0 Å². The van der Waals surface area contributed by atoms with Gasteiger partial charge in [0.1, 0.15) is 0 Å². The van der Waals surface area contributed by atoms with Gasteiger partial charge in [0.2, 0.25) is 0 Å². The van der Waals surface area contributed by atoms with E-state index in [0.717, 1.165) is 6.92 Å². The van der Waals surface area contributed by atoms with Crippen LogP contribution in [0.15, 0.2) is 0 Å². The van der Waals surface area contributed by atoms with Crippen molar-refractivity contribution in [3.63, 3.8) is 0 Å². The minimum atomic E-state index is -0.833. The van der Waals surface area contributed by atoms with E-state index in [2.05, 4.69) is 0 Å². The molecule has 0 spiro atoms. The molecular weight excluding hydrogens is 67.0 g/mol. The van der Waals surface area contributed by atoms with Gasteiger partial charge in [-0.05, 0) is 0 Å². The summed E-state index contributed by atoms with van der Waals surface area (Å²) in [5, 5.41) is 7.42. The van der Waals surface area contributed by atoms with Crippen molar-refractivity contribution in [1.82, 2.24) is 0 Å². The summed E-state index contributed by atoms with van der Waals surface area (Å²) in [7, 11) is 0. The second-order valence-corrected chi connectivity index (χ2v) is 0.519. The third-order valence-corrected chi connectivity index (χ3v) is 0. The molecule has 0 saturated heterocycles. The Morgan fingerprint density at radius 3 is 1.80 bits per heavy atom. The lowest BCUT2D eigenvalue weighted by atomic mass is 10.9. The van der Waals surface area contributed by atoms with Crippen LogP contribution in [-0.4, -0.2) is 11.1 Å². The third-order valence-electron chi connectivity index (χ3n) is 0. The molecule has 0 aliphatic rings. The molecule has 2 nitrogen and oxygen atoms in total. The summed E-state index contributed by atoms with van der Waals surface area (Å²) in [5.74, 6) is -0.833. The van der Waals surface area contributed by atoms with Crippen LogP contribution >= 0.6 is 0 Å². The molecule has 5 heavy (non-hydrogen) atoms. The van der Waals surface area contributed by atoms with Gasteiger partial charge in [0.05, 0.1) is 0 Å². The van der Waals surface area contributed by atoms with Gasteiger partial charge < -0.3 is 5.11 Å². The van der Waals surface area contributed by atoms with Gasteiger partial charge in [-0.15, -0.1) is 0 Å². The Kier molecular flexibility index (Phi) is 6.12. The second-order valence-electron chi connectivity index (χ2n) is 0.519. The number of rotatable bonds is 0. The molecule has 2 heteroatoms. The molecule has 0 unspecified atom stereocenters. The number of aliphatic carboxylic acids is 1. The van der Waals surface area contributed by atoms with Gasteiger partial charge >= 0.3 is 0 Å². The molecule has 32 valence electrons. The maximum absolute atomic E-state index is 9.00. The summed E-state index contributed by atoms with van der Waals surface area (Å²) in [6.45, 7) is 1.08. The molecule has 0 aromatic rings. The van der Waals surface area contributed by atoms with Crippen molar-refractivity contribution >= 4 is 5.97 Å². The smallest absolute Gasteiger partial charge is 0.300 e. The van der Waals surface area contributed by atoms with Crippen molar-refractivity contribution in [2.24, 2.45) is 0 Å². The van der Waals surface area contributed by atoms with Gasteiger partial charge in [0, 0.05) is 6.92 Å². The highest BCUT2D eigenvalue weighted by molar-refractivity contribution is 5.62. The molecule has 1 N–H and O–H groups in total. The summed E-state index contributed by atoms with van der Waals surface area (Å²) in [5.41, 5.74) is 0. The van der Waals surface area contributed by atoms with Gasteiger partial charge in [-0.3, -0.25) is 4.79 Å². The largest absolute Gasteiger partial charge is 0.481 e. The Bertz CT molecular complexity index is 27.9. The van der Waals surface area contributed by atoms with E-state index in [-0.39, 0.29) is 7.43 Å². The molecule has 0 rings (SSSR count). The van der Waals surface area contributed by atoms with Crippen molar-refractivity contribution < 1.29 is 9.90 Å². The zero-order valence-electron chi connectivity index (χ0n) is 2.36. The normalized spacial score (nSPS) is 5.00. The molecule has 0 heterocycles. The van der Waals surface area contributed by atoms with Crippen LogP contribution in [0.25, 0.3) is 0 Å². The predicted molar refractivity (Wildman–Crippen MR) is 20.0 cm³/mol. The zero-order chi connectivity index (χ0) is 3.58. The minimum Gasteiger partial charge on any atom is -0.481 e.